The number of hydrogen-bond donors (Lipinski definition) is 3. The third kappa shape index (κ3) is 2.65. The number of benzene rings is 1. The van der Waals surface area contributed by atoms with E-state index in [2.05, 4.69) is 6.58 Å². The molecule has 4 nitrogen and oxygen atoms in total. The van der Waals surface area contributed by atoms with Crippen molar-refractivity contribution in [1.29, 1.82) is 0 Å². The molecule has 0 amide bonds. The second-order valence-electron chi connectivity index (χ2n) is 3.18. The van der Waals surface area contributed by atoms with Crippen LogP contribution in [0.3, 0.4) is 0 Å². The smallest absolute Gasteiger partial charge is 0.334 e. The number of aliphatic hydroxyl groups excluding tert-OH is 1. The lowest BCUT2D eigenvalue weighted by Crippen LogP contribution is -2.33. The molecule has 1 aromatic carbocycles. The summed E-state index contributed by atoms with van der Waals surface area (Å²) in [6.07, 6.45) is 0.0859. The summed E-state index contributed by atoms with van der Waals surface area (Å²) in [5.41, 5.74) is 7.07. The average molecular weight is 207 g/mol. The van der Waals surface area contributed by atoms with E-state index in [1.54, 1.807) is 30.3 Å². The summed E-state index contributed by atoms with van der Waals surface area (Å²) in [5.74, 6) is -1.32. The monoisotopic (exact) mass is 207 g/mol. The fraction of sp³-hybridized carbons (Fsp3) is 0.182. The fourth-order valence-electron chi connectivity index (χ4n) is 1.19. The van der Waals surface area contributed by atoms with E-state index in [1.165, 1.54) is 0 Å². The predicted molar refractivity (Wildman–Crippen MR) is 57.1 cm³/mol. The zero-order valence-corrected chi connectivity index (χ0v) is 8.13. The molecule has 0 aromatic heterocycles. The molecule has 0 radical (unpaired) electrons. The summed E-state index contributed by atoms with van der Waals surface area (Å²) in [5, 5.41) is 17.8. The standard InChI is InChI=1S/C11H13NO3/c1-2-7-3-5-8(6-4-7)9(12)10(13)11(14)15/h2-6,9-10,13H,1,12H2,(H,14,15)/t9-,10+/m0/s1. The van der Waals surface area contributed by atoms with Crippen LogP contribution in [0.5, 0.6) is 0 Å². The normalized spacial score (nSPS) is 14.3. The molecule has 1 aromatic rings. The van der Waals surface area contributed by atoms with Crippen molar-refractivity contribution < 1.29 is 15.0 Å². The zero-order valence-electron chi connectivity index (χ0n) is 8.13. The maximum absolute atomic E-state index is 10.5. The molecular formula is C11H13NO3. The van der Waals surface area contributed by atoms with E-state index in [0.29, 0.717) is 5.56 Å². The maximum atomic E-state index is 10.5. The van der Waals surface area contributed by atoms with Gasteiger partial charge in [0.15, 0.2) is 6.10 Å². The number of carbonyl (C=O) groups is 1. The average Bonchev–Trinajstić information content (AvgIpc) is 2.27. The highest BCUT2D eigenvalue weighted by molar-refractivity contribution is 5.73. The molecule has 0 saturated heterocycles. The Morgan fingerprint density at radius 2 is 1.93 bits per heavy atom. The first-order chi connectivity index (χ1) is 7.06. The van der Waals surface area contributed by atoms with E-state index >= 15 is 0 Å². The first-order valence-corrected chi connectivity index (χ1v) is 4.45. The van der Waals surface area contributed by atoms with Crippen LogP contribution in [0.4, 0.5) is 0 Å². The van der Waals surface area contributed by atoms with Gasteiger partial charge in [0.2, 0.25) is 0 Å². The molecule has 15 heavy (non-hydrogen) atoms. The molecule has 0 spiro atoms. The highest BCUT2D eigenvalue weighted by Gasteiger charge is 2.23. The summed E-state index contributed by atoms with van der Waals surface area (Å²) in [6, 6.07) is 5.95. The molecule has 0 unspecified atom stereocenters. The Balaban J connectivity index is 2.86. The topological polar surface area (TPSA) is 83.5 Å². The SMILES string of the molecule is C=Cc1ccc([C@H](N)[C@@H](O)C(=O)O)cc1. The molecule has 2 atom stereocenters. The molecule has 0 aliphatic carbocycles. The second kappa shape index (κ2) is 4.72. The Kier molecular flexibility index (Phi) is 3.60. The first kappa shape index (κ1) is 11.4. The van der Waals surface area contributed by atoms with Gasteiger partial charge in [-0.15, -0.1) is 0 Å². The van der Waals surface area contributed by atoms with Crippen LogP contribution >= 0.6 is 0 Å². The Morgan fingerprint density at radius 1 is 1.40 bits per heavy atom. The molecular weight excluding hydrogens is 194 g/mol. The quantitative estimate of drug-likeness (QED) is 0.681. The van der Waals surface area contributed by atoms with Crippen molar-refractivity contribution in [2.75, 3.05) is 0 Å². The van der Waals surface area contributed by atoms with Crippen LogP contribution in [-0.2, 0) is 4.79 Å². The van der Waals surface area contributed by atoms with Crippen molar-refractivity contribution in [3.8, 4) is 0 Å². The Labute approximate surface area is 87.7 Å². The Bertz CT molecular complexity index is 359. The van der Waals surface area contributed by atoms with Crippen molar-refractivity contribution in [1.82, 2.24) is 0 Å². The highest BCUT2D eigenvalue weighted by Crippen LogP contribution is 2.15. The molecule has 0 bridgehead atoms. The fourth-order valence-corrected chi connectivity index (χ4v) is 1.19. The number of aliphatic carboxylic acids is 1. The highest BCUT2D eigenvalue weighted by atomic mass is 16.4. The summed E-state index contributed by atoms with van der Waals surface area (Å²) >= 11 is 0. The third-order valence-electron chi connectivity index (χ3n) is 2.15. The van der Waals surface area contributed by atoms with Crippen molar-refractivity contribution in [2.24, 2.45) is 5.73 Å². The van der Waals surface area contributed by atoms with Crippen LogP contribution in [0.1, 0.15) is 17.2 Å². The lowest BCUT2D eigenvalue weighted by atomic mass is 10.0. The Hall–Kier alpha value is -1.65. The minimum Gasteiger partial charge on any atom is -0.479 e. The van der Waals surface area contributed by atoms with E-state index in [9.17, 15) is 9.90 Å². The number of rotatable bonds is 4. The van der Waals surface area contributed by atoms with Gasteiger partial charge in [-0.25, -0.2) is 4.79 Å². The van der Waals surface area contributed by atoms with Crippen LogP contribution in [0.25, 0.3) is 6.08 Å². The lowest BCUT2D eigenvalue weighted by Gasteiger charge is -2.15. The minimum absolute atomic E-state index is 0.579. The van der Waals surface area contributed by atoms with Crippen molar-refractivity contribution >= 4 is 12.0 Å². The number of carboxylic acid groups (broad SMARTS) is 1. The number of aliphatic hydroxyl groups is 1. The van der Waals surface area contributed by atoms with Gasteiger partial charge < -0.3 is 15.9 Å². The van der Waals surface area contributed by atoms with E-state index < -0.39 is 18.1 Å². The van der Waals surface area contributed by atoms with Crippen LogP contribution in [0, 0.1) is 0 Å². The Morgan fingerprint density at radius 3 is 2.33 bits per heavy atom. The number of hydrogen-bond acceptors (Lipinski definition) is 3. The van der Waals surface area contributed by atoms with E-state index in [-0.39, 0.29) is 0 Å². The number of carboxylic acids is 1. The molecule has 4 heteroatoms. The molecule has 0 aliphatic heterocycles. The molecule has 0 fully saturated rings. The summed E-state index contributed by atoms with van der Waals surface area (Å²) in [6.45, 7) is 3.59. The van der Waals surface area contributed by atoms with Crippen LogP contribution < -0.4 is 5.73 Å². The molecule has 0 aliphatic rings. The van der Waals surface area contributed by atoms with Crippen LogP contribution in [0.2, 0.25) is 0 Å². The van der Waals surface area contributed by atoms with Gasteiger partial charge in [0.05, 0.1) is 6.04 Å². The minimum atomic E-state index is -1.58. The van der Waals surface area contributed by atoms with E-state index in [4.69, 9.17) is 10.8 Å². The summed E-state index contributed by atoms with van der Waals surface area (Å²) in [7, 11) is 0. The van der Waals surface area contributed by atoms with Crippen molar-refractivity contribution in [3.05, 3.63) is 42.0 Å². The first-order valence-electron chi connectivity index (χ1n) is 4.45. The molecule has 0 saturated carbocycles. The maximum Gasteiger partial charge on any atom is 0.334 e. The van der Waals surface area contributed by atoms with Crippen LogP contribution in [-0.4, -0.2) is 22.3 Å². The second-order valence-corrected chi connectivity index (χ2v) is 3.18. The van der Waals surface area contributed by atoms with Gasteiger partial charge in [0.1, 0.15) is 0 Å². The van der Waals surface area contributed by atoms with E-state index in [0.717, 1.165) is 5.56 Å². The lowest BCUT2D eigenvalue weighted by molar-refractivity contribution is -0.147. The van der Waals surface area contributed by atoms with Gasteiger partial charge in [0, 0.05) is 0 Å². The van der Waals surface area contributed by atoms with Crippen molar-refractivity contribution in [2.45, 2.75) is 12.1 Å². The third-order valence-corrected chi connectivity index (χ3v) is 2.15. The van der Waals surface area contributed by atoms with Gasteiger partial charge in [-0.05, 0) is 11.1 Å². The summed E-state index contributed by atoms with van der Waals surface area (Å²) < 4.78 is 0. The zero-order chi connectivity index (χ0) is 11.4. The van der Waals surface area contributed by atoms with Crippen molar-refractivity contribution in [3.63, 3.8) is 0 Å². The molecule has 4 N–H and O–H groups in total. The largest absolute Gasteiger partial charge is 0.479 e. The summed E-state index contributed by atoms with van der Waals surface area (Å²) in [4.78, 5) is 10.5. The molecule has 80 valence electrons. The van der Waals surface area contributed by atoms with Gasteiger partial charge >= 0.3 is 5.97 Å². The van der Waals surface area contributed by atoms with E-state index in [1.807, 2.05) is 0 Å². The molecule has 0 heterocycles. The van der Waals surface area contributed by atoms with Crippen LogP contribution in [0.15, 0.2) is 30.8 Å². The number of nitrogens with two attached hydrogens (primary N) is 1. The van der Waals surface area contributed by atoms with Gasteiger partial charge in [-0.2, -0.15) is 0 Å². The van der Waals surface area contributed by atoms with Gasteiger partial charge in [-0.3, -0.25) is 0 Å². The van der Waals surface area contributed by atoms with Gasteiger partial charge in [-0.1, -0.05) is 36.9 Å². The molecule has 1 rings (SSSR count). The predicted octanol–water partition coefficient (Wildman–Crippen LogP) is 0.775. The van der Waals surface area contributed by atoms with Gasteiger partial charge in [0.25, 0.3) is 0 Å².